The average Bonchev–Trinajstić information content (AvgIpc) is 2.18. The lowest BCUT2D eigenvalue weighted by atomic mass is 10.1. The second-order valence-electron chi connectivity index (χ2n) is 3.45. The molecule has 1 aliphatic rings. The molecule has 0 saturated carbocycles. The van der Waals surface area contributed by atoms with Crippen LogP contribution in [0.15, 0.2) is 10.8 Å². The van der Waals surface area contributed by atoms with Crippen molar-refractivity contribution >= 4 is 19.2 Å². The lowest BCUT2D eigenvalue weighted by molar-refractivity contribution is 0.131. The van der Waals surface area contributed by atoms with Gasteiger partial charge in [-0.2, -0.15) is 0 Å². The summed E-state index contributed by atoms with van der Waals surface area (Å²) in [6.07, 6.45) is 0.805. The van der Waals surface area contributed by atoms with Gasteiger partial charge in [0.15, 0.2) is 0 Å². The van der Waals surface area contributed by atoms with Gasteiger partial charge in [0.2, 0.25) is 0 Å². The predicted molar refractivity (Wildman–Crippen MR) is 52.9 cm³/mol. The van der Waals surface area contributed by atoms with E-state index >= 15 is 0 Å². The maximum atomic E-state index is 11.8. The molecule has 0 radical (unpaired) electrons. The van der Waals surface area contributed by atoms with Crippen LogP contribution in [0.3, 0.4) is 0 Å². The molecule has 5 heteroatoms. The highest BCUT2D eigenvalue weighted by Gasteiger charge is 2.41. The van der Waals surface area contributed by atoms with Gasteiger partial charge in [0, 0.05) is 5.82 Å². The van der Waals surface area contributed by atoms with Gasteiger partial charge in [-0.25, -0.2) is 0 Å². The smallest absolute Gasteiger partial charge is 0.306 e. The van der Waals surface area contributed by atoms with E-state index in [0.29, 0.717) is 11.6 Å². The Morgan fingerprint density at radius 3 is 2.69 bits per heavy atom. The summed E-state index contributed by atoms with van der Waals surface area (Å²) in [6, 6.07) is 0. The molecule has 0 aromatic rings. The molecule has 0 spiro atoms. The van der Waals surface area contributed by atoms with Crippen LogP contribution in [0.2, 0.25) is 0 Å². The molecular formula is C8H14ClO3P. The molecule has 0 bridgehead atoms. The van der Waals surface area contributed by atoms with E-state index in [9.17, 15) is 4.57 Å². The van der Waals surface area contributed by atoms with E-state index in [2.05, 4.69) is 0 Å². The second-order valence-corrected chi connectivity index (χ2v) is 5.64. The van der Waals surface area contributed by atoms with Crippen LogP contribution in [-0.4, -0.2) is 12.2 Å². The summed E-state index contributed by atoms with van der Waals surface area (Å²) >= 11 is 5.85. The fourth-order valence-corrected chi connectivity index (χ4v) is 3.36. The van der Waals surface area contributed by atoms with Crippen molar-refractivity contribution in [3.63, 3.8) is 0 Å². The van der Waals surface area contributed by atoms with Gasteiger partial charge in [-0.1, -0.05) is 18.5 Å². The summed E-state index contributed by atoms with van der Waals surface area (Å²) in [7, 11) is -3.06. The quantitative estimate of drug-likeness (QED) is 0.689. The molecule has 0 aliphatic carbocycles. The Morgan fingerprint density at radius 1 is 1.69 bits per heavy atom. The van der Waals surface area contributed by atoms with Crippen LogP contribution in [0.1, 0.15) is 27.2 Å². The van der Waals surface area contributed by atoms with E-state index in [1.54, 1.807) is 13.8 Å². The topological polar surface area (TPSA) is 35.5 Å². The number of hydrogen-bond donors (Lipinski definition) is 0. The first-order chi connectivity index (χ1) is 5.90. The minimum absolute atomic E-state index is 0.425. The minimum Gasteiger partial charge on any atom is -0.306 e. The minimum atomic E-state index is -3.06. The van der Waals surface area contributed by atoms with Gasteiger partial charge in [0.05, 0.1) is 11.6 Å². The van der Waals surface area contributed by atoms with Crippen LogP contribution in [0.5, 0.6) is 0 Å². The molecule has 0 N–H and O–H groups in total. The monoisotopic (exact) mass is 224 g/mol. The van der Waals surface area contributed by atoms with Crippen LogP contribution in [0.25, 0.3) is 0 Å². The molecule has 1 heterocycles. The Kier molecular flexibility index (Phi) is 3.24. The van der Waals surface area contributed by atoms with Gasteiger partial charge in [0.25, 0.3) is 0 Å². The van der Waals surface area contributed by atoms with Gasteiger partial charge in [0.1, 0.15) is 5.60 Å². The van der Waals surface area contributed by atoms with Gasteiger partial charge in [-0.3, -0.25) is 9.09 Å². The van der Waals surface area contributed by atoms with Crippen LogP contribution in [-0.2, 0) is 13.6 Å². The zero-order valence-electron chi connectivity index (χ0n) is 8.04. The first kappa shape index (κ1) is 11.3. The third-order valence-electron chi connectivity index (χ3n) is 1.68. The van der Waals surface area contributed by atoms with Gasteiger partial charge < -0.3 is 4.52 Å². The summed E-state index contributed by atoms with van der Waals surface area (Å²) < 4.78 is 22.2. The van der Waals surface area contributed by atoms with E-state index in [4.69, 9.17) is 20.6 Å². The predicted octanol–water partition coefficient (Wildman–Crippen LogP) is 3.50. The Balaban J connectivity index is 2.72. The summed E-state index contributed by atoms with van der Waals surface area (Å²) in [5.74, 6) is 1.39. The van der Waals surface area contributed by atoms with E-state index in [-0.39, 0.29) is 0 Å². The second kappa shape index (κ2) is 3.74. The van der Waals surface area contributed by atoms with Crippen molar-refractivity contribution in [3.8, 4) is 0 Å². The van der Waals surface area contributed by atoms with Crippen molar-refractivity contribution < 1.29 is 13.6 Å². The first-order valence-electron chi connectivity index (χ1n) is 4.23. The molecular weight excluding hydrogens is 211 g/mol. The largest absolute Gasteiger partial charge is 0.356 e. The highest BCUT2D eigenvalue weighted by Crippen LogP contribution is 2.61. The molecule has 0 saturated heterocycles. The maximum absolute atomic E-state index is 11.8. The van der Waals surface area contributed by atoms with Crippen molar-refractivity contribution in [1.82, 2.24) is 0 Å². The average molecular weight is 225 g/mol. The molecule has 3 nitrogen and oxygen atoms in total. The van der Waals surface area contributed by atoms with Gasteiger partial charge >= 0.3 is 7.60 Å². The zero-order valence-corrected chi connectivity index (χ0v) is 9.69. The van der Waals surface area contributed by atoms with E-state index < -0.39 is 13.2 Å². The Morgan fingerprint density at radius 2 is 2.31 bits per heavy atom. The highest BCUT2D eigenvalue weighted by atomic mass is 35.5. The normalized spacial score (nSPS) is 31.8. The third-order valence-corrected chi connectivity index (χ3v) is 4.22. The van der Waals surface area contributed by atoms with Gasteiger partial charge in [-0.05, 0) is 20.3 Å². The van der Waals surface area contributed by atoms with Crippen LogP contribution in [0.4, 0.5) is 0 Å². The van der Waals surface area contributed by atoms with Crippen molar-refractivity contribution in [2.45, 2.75) is 32.8 Å². The lowest BCUT2D eigenvalue weighted by Gasteiger charge is -2.20. The van der Waals surface area contributed by atoms with E-state index in [1.807, 2.05) is 6.92 Å². The van der Waals surface area contributed by atoms with Crippen LogP contribution in [0, 0.1) is 0 Å². The fraction of sp³-hybridized carbons (Fsp3) is 0.750. The molecule has 0 amide bonds. The molecule has 1 unspecified atom stereocenters. The molecule has 1 atom stereocenters. The Labute approximate surface area is 83.6 Å². The standard InChI is InChI=1S/C8H14ClO3P/c1-4-5-11-13(10)6-7(9)8(2,3)12-13/h6H,4-5H2,1-3H3. The Hall–Kier alpha value is 0.180. The lowest BCUT2D eigenvalue weighted by Crippen LogP contribution is -2.18. The van der Waals surface area contributed by atoms with E-state index in [0.717, 1.165) is 6.42 Å². The summed E-state index contributed by atoms with van der Waals surface area (Å²) in [4.78, 5) is 0. The fourth-order valence-electron chi connectivity index (χ4n) is 0.964. The SMILES string of the molecule is CCCOP1(=O)C=C(Cl)C(C)(C)O1. The van der Waals surface area contributed by atoms with Crippen molar-refractivity contribution in [3.05, 3.63) is 10.8 Å². The molecule has 1 rings (SSSR count). The van der Waals surface area contributed by atoms with Crippen LogP contribution < -0.4 is 0 Å². The summed E-state index contributed by atoms with van der Waals surface area (Å²) in [5.41, 5.74) is -0.676. The van der Waals surface area contributed by atoms with Crippen molar-refractivity contribution in [1.29, 1.82) is 0 Å². The third kappa shape index (κ3) is 2.57. The summed E-state index contributed by atoms with van der Waals surface area (Å²) in [5, 5.41) is 0.451. The first-order valence-corrected chi connectivity index (χ1v) is 6.22. The highest BCUT2D eigenvalue weighted by molar-refractivity contribution is 7.57. The van der Waals surface area contributed by atoms with Crippen molar-refractivity contribution in [2.24, 2.45) is 0 Å². The van der Waals surface area contributed by atoms with E-state index in [1.165, 1.54) is 5.82 Å². The van der Waals surface area contributed by atoms with Crippen LogP contribution >= 0.6 is 19.2 Å². The van der Waals surface area contributed by atoms with Gasteiger partial charge in [-0.15, -0.1) is 0 Å². The molecule has 1 aliphatic heterocycles. The molecule has 0 aromatic heterocycles. The number of rotatable bonds is 3. The molecule has 76 valence electrons. The zero-order chi connectivity index (χ0) is 10.1. The maximum Gasteiger partial charge on any atom is 0.356 e. The summed E-state index contributed by atoms with van der Waals surface area (Å²) in [6.45, 7) is 5.90. The molecule has 13 heavy (non-hydrogen) atoms. The van der Waals surface area contributed by atoms with Crippen molar-refractivity contribution in [2.75, 3.05) is 6.61 Å². The number of halogens is 1. The Bertz CT molecular complexity index is 273. The number of hydrogen-bond acceptors (Lipinski definition) is 3. The molecule has 0 aromatic carbocycles. The molecule has 0 fully saturated rings.